The number of carbonyl (C=O) groups excluding carboxylic acids is 1. The molecule has 0 radical (unpaired) electrons. The minimum absolute atomic E-state index is 0.0788. The SMILES string of the molecule is O=C(Cn1ncc(Cl)c(Cl)c1=O)N1CCSc2ccccc21. The van der Waals surface area contributed by atoms with Crippen LogP contribution in [-0.2, 0) is 11.3 Å². The number of hydrogen-bond donors (Lipinski definition) is 0. The summed E-state index contributed by atoms with van der Waals surface area (Å²) < 4.78 is 1.03. The second-order valence-corrected chi connectivity index (χ2v) is 6.55. The fourth-order valence-corrected chi connectivity index (χ4v) is 3.47. The number of fused-ring (bicyclic) bond motifs is 1. The molecule has 1 aliphatic heterocycles. The number of aromatic nitrogens is 2. The molecule has 1 aliphatic rings. The highest BCUT2D eigenvalue weighted by molar-refractivity contribution is 7.99. The Bertz CT molecular complexity index is 794. The van der Waals surface area contributed by atoms with E-state index < -0.39 is 5.56 Å². The van der Waals surface area contributed by atoms with Gasteiger partial charge in [0.2, 0.25) is 5.91 Å². The highest BCUT2D eigenvalue weighted by Crippen LogP contribution is 2.34. The molecule has 0 saturated carbocycles. The maximum absolute atomic E-state index is 12.5. The smallest absolute Gasteiger partial charge is 0.287 e. The van der Waals surface area contributed by atoms with Crippen LogP contribution in [0.4, 0.5) is 5.69 Å². The van der Waals surface area contributed by atoms with Crippen molar-refractivity contribution in [3.05, 3.63) is 50.9 Å². The van der Waals surface area contributed by atoms with Crippen molar-refractivity contribution >= 4 is 46.6 Å². The molecule has 3 rings (SSSR count). The number of halogens is 2. The summed E-state index contributed by atoms with van der Waals surface area (Å²) in [6.45, 7) is 0.422. The molecule has 1 aromatic heterocycles. The average Bonchev–Trinajstić information content (AvgIpc) is 2.55. The lowest BCUT2D eigenvalue weighted by Gasteiger charge is -2.29. The summed E-state index contributed by atoms with van der Waals surface area (Å²) >= 11 is 13.2. The van der Waals surface area contributed by atoms with Crippen LogP contribution < -0.4 is 10.5 Å². The summed E-state index contributed by atoms with van der Waals surface area (Å²) in [5.74, 6) is 0.604. The van der Waals surface area contributed by atoms with E-state index in [0.717, 1.165) is 21.0 Å². The molecule has 0 aliphatic carbocycles. The molecule has 0 bridgehead atoms. The number of benzene rings is 1. The number of nitrogens with zero attached hydrogens (tertiary/aromatic N) is 3. The van der Waals surface area contributed by atoms with Gasteiger partial charge in [-0.1, -0.05) is 35.3 Å². The summed E-state index contributed by atoms with van der Waals surface area (Å²) in [4.78, 5) is 27.2. The van der Waals surface area contributed by atoms with Crippen LogP contribution in [0.25, 0.3) is 0 Å². The molecule has 2 aromatic rings. The Hall–Kier alpha value is -1.50. The molecule has 1 aromatic carbocycles. The maximum atomic E-state index is 12.5. The zero-order chi connectivity index (χ0) is 15.7. The number of thioether (sulfide) groups is 1. The molecule has 0 saturated heterocycles. The number of para-hydroxylation sites is 1. The Morgan fingerprint density at radius 3 is 2.91 bits per heavy atom. The van der Waals surface area contributed by atoms with Crippen molar-refractivity contribution in [2.75, 3.05) is 17.2 Å². The van der Waals surface area contributed by atoms with Crippen LogP contribution in [0.2, 0.25) is 10.0 Å². The molecule has 0 N–H and O–H groups in total. The lowest BCUT2D eigenvalue weighted by Crippen LogP contribution is -2.40. The van der Waals surface area contributed by atoms with Crippen molar-refractivity contribution in [2.24, 2.45) is 0 Å². The van der Waals surface area contributed by atoms with Crippen LogP contribution >= 0.6 is 35.0 Å². The van der Waals surface area contributed by atoms with Crippen molar-refractivity contribution in [3.63, 3.8) is 0 Å². The fraction of sp³-hybridized carbons (Fsp3) is 0.214. The monoisotopic (exact) mass is 355 g/mol. The third-order valence-corrected chi connectivity index (χ3v) is 5.05. The zero-order valence-corrected chi connectivity index (χ0v) is 13.7. The van der Waals surface area contributed by atoms with Crippen LogP contribution in [0.5, 0.6) is 0 Å². The number of anilines is 1. The topological polar surface area (TPSA) is 55.2 Å². The third kappa shape index (κ3) is 2.86. The molecule has 2 heterocycles. The summed E-state index contributed by atoms with van der Waals surface area (Å²) in [6.07, 6.45) is 1.26. The van der Waals surface area contributed by atoms with Crippen LogP contribution in [0, 0.1) is 0 Å². The first-order chi connectivity index (χ1) is 10.6. The van der Waals surface area contributed by atoms with Crippen molar-refractivity contribution in [1.82, 2.24) is 9.78 Å². The zero-order valence-electron chi connectivity index (χ0n) is 11.3. The molecule has 22 heavy (non-hydrogen) atoms. The summed E-state index contributed by atoms with van der Waals surface area (Å²) in [7, 11) is 0. The Kier molecular flexibility index (Phi) is 4.42. The first-order valence-electron chi connectivity index (χ1n) is 6.51. The molecular weight excluding hydrogens is 345 g/mol. The summed E-state index contributed by atoms with van der Waals surface area (Å²) in [5, 5.41) is 3.82. The number of amides is 1. The lowest BCUT2D eigenvalue weighted by molar-refractivity contribution is -0.119. The Morgan fingerprint density at radius 2 is 2.09 bits per heavy atom. The Balaban J connectivity index is 1.88. The molecule has 8 heteroatoms. The van der Waals surface area contributed by atoms with Gasteiger partial charge in [0.25, 0.3) is 5.56 Å². The molecule has 0 spiro atoms. The van der Waals surface area contributed by atoms with Gasteiger partial charge in [0.1, 0.15) is 11.6 Å². The molecule has 0 fully saturated rings. The van der Waals surface area contributed by atoms with Crippen LogP contribution in [0.1, 0.15) is 0 Å². The van der Waals surface area contributed by atoms with E-state index in [1.807, 2.05) is 24.3 Å². The van der Waals surface area contributed by atoms with Gasteiger partial charge in [-0.05, 0) is 12.1 Å². The number of hydrogen-bond acceptors (Lipinski definition) is 4. The second-order valence-electron chi connectivity index (χ2n) is 4.63. The van der Waals surface area contributed by atoms with Gasteiger partial charge in [-0.2, -0.15) is 5.10 Å². The van der Waals surface area contributed by atoms with E-state index in [1.165, 1.54) is 6.20 Å². The normalized spacial score (nSPS) is 13.8. The molecule has 0 atom stereocenters. The number of rotatable bonds is 2. The Labute approximate surface area is 140 Å². The van der Waals surface area contributed by atoms with Crippen molar-refractivity contribution in [2.45, 2.75) is 11.4 Å². The fourth-order valence-electron chi connectivity index (χ4n) is 2.20. The average molecular weight is 356 g/mol. The maximum Gasteiger partial charge on any atom is 0.287 e. The van der Waals surface area contributed by atoms with Gasteiger partial charge in [0.15, 0.2) is 0 Å². The second kappa shape index (κ2) is 6.32. The summed E-state index contributed by atoms with van der Waals surface area (Å²) in [5.41, 5.74) is 0.291. The molecule has 1 amide bonds. The quantitative estimate of drug-likeness (QED) is 0.830. The highest BCUT2D eigenvalue weighted by atomic mass is 35.5. The molecule has 114 valence electrons. The van der Waals surface area contributed by atoms with E-state index in [1.54, 1.807) is 16.7 Å². The van der Waals surface area contributed by atoms with Gasteiger partial charge in [0, 0.05) is 17.2 Å². The first kappa shape index (κ1) is 15.4. The van der Waals surface area contributed by atoms with Crippen molar-refractivity contribution in [1.29, 1.82) is 0 Å². The number of carbonyl (C=O) groups is 1. The van der Waals surface area contributed by atoms with Gasteiger partial charge in [0.05, 0.1) is 16.9 Å². The van der Waals surface area contributed by atoms with E-state index in [9.17, 15) is 9.59 Å². The van der Waals surface area contributed by atoms with E-state index in [2.05, 4.69) is 5.10 Å². The predicted octanol–water partition coefficient (Wildman–Crippen LogP) is 2.69. The third-order valence-electron chi connectivity index (χ3n) is 3.26. The molecule has 0 unspecified atom stereocenters. The van der Waals surface area contributed by atoms with Gasteiger partial charge >= 0.3 is 0 Å². The van der Waals surface area contributed by atoms with Gasteiger partial charge < -0.3 is 4.90 Å². The minimum atomic E-state index is -0.567. The van der Waals surface area contributed by atoms with E-state index in [-0.39, 0.29) is 22.5 Å². The van der Waals surface area contributed by atoms with E-state index in [0.29, 0.717) is 6.54 Å². The highest BCUT2D eigenvalue weighted by Gasteiger charge is 2.23. The standard InChI is InChI=1S/C14H11Cl2N3O2S/c15-9-7-17-19(14(21)13(9)16)8-12(20)18-5-6-22-11-4-2-1-3-10(11)18/h1-4,7H,5-6,8H2. The summed E-state index contributed by atoms with van der Waals surface area (Å²) in [6, 6.07) is 7.69. The van der Waals surface area contributed by atoms with Crippen LogP contribution in [-0.4, -0.2) is 28.0 Å². The van der Waals surface area contributed by atoms with E-state index in [4.69, 9.17) is 23.2 Å². The van der Waals surface area contributed by atoms with Gasteiger partial charge in [-0.3, -0.25) is 9.59 Å². The molecular formula is C14H11Cl2N3O2S. The van der Waals surface area contributed by atoms with Crippen molar-refractivity contribution in [3.8, 4) is 0 Å². The van der Waals surface area contributed by atoms with Crippen LogP contribution in [0.15, 0.2) is 40.2 Å². The largest absolute Gasteiger partial charge is 0.309 e. The van der Waals surface area contributed by atoms with E-state index >= 15 is 0 Å². The van der Waals surface area contributed by atoms with Crippen molar-refractivity contribution < 1.29 is 4.79 Å². The lowest BCUT2D eigenvalue weighted by atomic mass is 10.2. The molecule has 5 nitrogen and oxygen atoms in total. The first-order valence-corrected chi connectivity index (χ1v) is 8.25. The Morgan fingerprint density at radius 1 is 1.32 bits per heavy atom. The van der Waals surface area contributed by atoms with Gasteiger partial charge in [-0.15, -0.1) is 11.8 Å². The predicted molar refractivity (Wildman–Crippen MR) is 88.0 cm³/mol. The van der Waals surface area contributed by atoms with Crippen LogP contribution in [0.3, 0.4) is 0 Å². The van der Waals surface area contributed by atoms with Gasteiger partial charge in [-0.25, -0.2) is 4.68 Å². The minimum Gasteiger partial charge on any atom is -0.309 e.